The fourth-order valence-electron chi connectivity index (χ4n) is 3.48. The largest absolute Gasteiger partial charge is 0.353 e. The number of aliphatic imine (C=N–C) groups is 1. The fourth-order valence-corrected chi connectivity index (χ4v) is 3.48. The van der Waals surface area contributed by atoms with E-state index in [4.69, 9.17) is 0 Å². The van der Waals surface area contributed by atoms with E-state index in [1.165, 1.54) is 17.2 Å². The van der Waals surface area contributed by atoms with E-state index < -0.39 is 0 Å². The van der Waals surface area contributed by atoms with Gasteiger partial charge in [-0.2, -0.15) is 5.10 Å². The van der Waals surface area contributed by atoms with Crippen molar-refractivity contribution in [3.63, 3.8) is 0 Å². The molecule has 4 rings (SSSR count). The van der Waals surface area contributed by atoms with Crippen molar-refractivity contribution in [1.82, 2.24) is 20.4 Å². The van der Waals surface area contributed by atoms with Crippen LogP contribution in [0, 0.1) is 5.82 Å². The lowest BCUT2D eigenvalue weighted by Crippen LogP contribution is -2.38. The summed E-state index contributed by atoms with van der Waals surface area (Å²) in [5, 5.41) is 11.1. The van der Waals surface area contributed by atoms with Gasteiger partial charge in [-0.1, -0.05) is 42.5 Å². The summed E-state index contributed by atoms with van der Waals surface area (Å²) in [6.07, 6.45) is 4.66. The first-order chi connectivity index (χ1) is 13.7. The van der Waals surface area contributed by atoms with Crippen molar-refractivity contribution in [1.29, 1.82) is 0 Å². The van der Waals surface area contributed by atoms with Gasteiger partial charge >= 0.3 is 0 Å². The average molecular weight is 505 g/mol. The van der Waals surface area contributed by atoms with E-state index in [0.717, 1.165) is 24.5 Å². The lowest BCUT2D eigenvalue weighted by Gasteiger charge is -2.14. The first-order valence-electron chi connectivity index (χ1n) is 9.50. The summed E-state index contributed by atoms with van der Waals surface area (Å²) in [6.45, 7) is 1.39. The summed E-state index contributed by atoms with van der Waals surface area (Å²) in [5.74, 6) is 0.803. The SMILES string of the molecule is CN=C(NCc1ccccc1Cn1cccn1)NC1CC1c1ccccc1F.I. The van der Waals surface area contributed by atoms with Crippen LogP contribution in [0.25, 0.3) is 0 Å². The van der Waals surface area contributed by atoms with Gasteiger partial charge in [-0.3, -0.25) is 9.67 Å². The Morgan fingerprint density at radius 1 is 1.14 bits per heavy atom. The fraction of sp³-hybridized carbons (Fsp3) is 0.273. The maximum atomic E-state index is 14.0. The molecule has 1 heterocycles. The lowest BCUT2D eigenvalue weighted by atomic mass is 10.1. The van der Waals surface area contributed by atoms with Crippen LogP contribution >= 0.6 is 24.0 Å². The molecule has 1 fully saturated rings. The van der Waals surface area contributed by atoms with Gasteiger partial charge in [-0.05, 0) is 35.2 Å². The Labute approximate surface area is 187 Å². The van der Waals surface area contributed by atoms with E-state index >= 15 is 0 Å². The number of rotatable bonds is 6. The first-order valence-corrected chi connectivity index (χ1v) is 9.50. The third-order valence-corrected chi connectivity index (χ3v) is 5.10. The number of nitrogens with one attached hydrogen (secondary N) is 2. The van der Waals surface area contributed by atoms with Crippen LogP contribution in [0.4, 0.5) is 4.39 Å². The summed E-state index contributed by atoms with van der Waals surface area (Å²) in [5.41, 5.74) is 3.19. The van der Waals surface area contributed by atoms with Crippen molar-refractivity contribution < 1.29 is 4.39 Å². The van der Waals surface area contributed by atoms with Crippen LogP contribution in [-0.2, 0) is 13.1 Å². The Bertz CT molecular complexity index is 957. The molecule has 1 aromatic heterocycles. The molecule has 0 bridgehead atoms. The molecular formula is C22H25FIN5. The molecule has 3 aromatic rings. The van der Waals surface area contributed by atoms with Gasteiger partial charge < -0.3 is 10.6 Å². The normalized spacial score (nSPS) is 18.1. The summed E-state index contributed by atoms with van der Waals surface area (Å²) in [4.78, 5) is 4.32. The zero-order valence-corrected chi connectivity index (χ0v) is 18.6. The first kappa shape index (κ1) is 21.3. The van der Waals surface area contributed by atoms with Gasteiger partial charge in [0.1, 0.15) is 5.82 Å². The maximum absolute atomic E-state index is 14.0. The molecule has 0 saturated heterocycles. The molecule has 5 nitrogen and oxygen atoms in total. The van der Waals surface area contributed by atoms with Gasteiger partial charge in [0, 0.05) is 37.9 Å². The highest BCUT2D eigenvalue weighted by Gasteiger charge is 2.40. The summed E-state index contributed by atoms with van der Waals surface area (Å²) in [7, 11) is 1.76. The molecule has 7 heteroatoms. The Balaban J connectivity index is 0.00000240. The maximum Gasteiger partial charge on any atom is 0.191 e. The molecule has 0 spiro atoms. The van der Waals surface area contributed by atoms with Gasteiger partial charge in [0.05, 0.1) is 6.54 Å². The molecular weight excluding hydrogens is 480 g/mol. The lowest BCUT2D eigenvalue weighted by molar-refractivity contribution is 0.607. The van der Waals surface area contributed by atoms with Gasteiger partial charge in [-0.15, -0.1) is 24.0 Å². The van der Waals surface area contributed by atoms with E-state index in [-0.39, 0.29) is 41.8 Å². The highest BCUT2D eigenvalue weighted by Crippen LogP contribution is 2.41. The molecule has 2 unspecified atom stereocenters. The molecule has 0 amide bonds. The number of aromatic nitrogens is 2. The standard InChI is InChI=1S/C22H24FN5.HI/c1-24-22(27-21-13-19(21)18-9-4-5-10-20(18)23)25-14-16-7-2-3-8-17(16)15-28-12-6-11-26-28;/h2-12,19,21H,13-15H2,1H3,(H2,24,25,27);1H. The van der Waals surface area contributed by atoms with Gasteiger partial charge in [-0.25, -0.2) is 4.39 Å². The third kappa shape index (κ3) is 5.35. The molecule has 2 aromatic carbocycles. The molecule has 2 atom stereocenters. The summed E-state index contributed by atoms with van der Waals surface area (Å²) < 4.78 is 15.9. The second-order valence-electron chi connectivity index (χ2n) is 7.01. The Kier molecular flexibility index (Phi) is 7.24. The Morgan fingerprint density at radius 3 is 2.62 bits per heavy atom. The molecule has 29 heavy (non-hydrogen) atoms. The number of hydrogen-bond donors (Lipinski definition) is 2. The molecule has 0 aliphatic heterocycles. The van der Waals surface area contributed by atoms with Crippen LogP contribution in [0.15, 0.2) is 72.0 Å². The number of nitrogens with zero attached hydrogens (tertiary/aromatic N) is 3. The summed E-state index contributed by atoms with van der Waals surface area (Å²) >= 11 is 0. The quantitative estimate of drug-likeness (QED) is 0.304. The zero-order chi connectivity index (χ0) is 19.3. The van der Waals surface area contributed by atoms with Crippen LogP contribution in [0.1, 0.15) is 29.0 Å². The number of hydrogen-bond acceptors (Lipinski definition) is 2. The molecule has 1 aliphatic carbocycles. The minimum atomic E-state index is -0.132. The molecule has 1 aliphatic rings. The van der Waals surface area contributed by atoms with E-state index in [9.17, 15) is 4.39 Å². The average Bonchev–Trinajstić information content (AvgIpc) is 3.28. The minimum absolute atomic E-state index is 0. The van der Waals surface area contributed by atoms with Crippen molar-refractivity contribution >= 4 is 29.9 Å². The van der Waals surface area contributed by atoms with Crippen molar-refractivity contribution in [3.8, 4) is 0 Å². The van der Waals surface area contributed by atoms with E-state index in [0.29, 0.717) is 6.54 Å². The third-order valence-electron chi connectivity index (χ3n) is 5.10. The van der Waals surface area contributed by atoms with Crippen molar-refractivity contribution in [2.24, 2.45) is 4.99 Å². The molecule has 2 N–H and O–H groups in total. The molecule has 0 radical (unpaired) electrons. The van der Waals surface area contributed by atoms with Crippen molar-refractivity contribution in [2.75, 3.05) is 7.05 Å². The number of halogens is 2. The molecule has 152 valence electrons. The van der Waals surface area contributed by atoms with E-state index in [1.807, 2.05) is 41.2 Å². The smallest absolute Gasteiger partial charge is 0.191 e. The second-order valence-corrected chi connectivity index (χ2v) is 7.01. The van der Waals surface area contributed by atoms with Gasteiger partial charge in [0.2, 0.25) is 0 Å². The van der Waals surface area contributed by atoms with Crippen molar-refractivity contribution in [2.45, 2.75) is 31.5 Å². The second kappa shape index (κ2) is 9.87. The van der Waals surface area contributed by atoms with Crippen LogP contribution < -0.4 is 10.6 Å². The topological polar surface area (TPSA) is 54.2 Å². The van der Waals surface area contributed by atoms with Crippen LogP contribution in [-0.4, -0.2) is 28.8 Å². The van der Waals surface area contributed by atoms with E-state index in [1.54, 1.807) is 19.3 Å². The number of benzene rings is 2. The van der Waals surface area contributed by atoms with E-state index in [2.05, 4.69) is 32.9 Å². The predicted molar refractivity (Wildman–Crippen MR) is 124 cm³/mol. The number of guanidine groups is 1. The van der Waals surface area contributed by atoms with Crippen molar-refractivity contribution in [3.05, 3.63) is 89.5 Å². The zero-order valence-electron chi connectivity index (χ0n) is 16.3. The molecule has 1 saturated carbocycles. The minimum Gasteiger partial charge on any atom is -0.353 e. The Hall–Kier alpha value is -2.42. The van der Waals surface area contributed by atoms with Crippen LogP contribution in [0.3, 0.4) is 0 Å². The predicted octanol–water partition coefficient (Wildman–Crippen LogP) is 3.91. The monoisotopic (exact) mass is 505 g/mol. The van der Waals surface area contributed by atoms with Gasteiger partial charge in [0.15, 0.2) is 5.96 Å². The highest BCUT2D eigenvalue weighted by molar-refractivity contribution is 14.0. The Morgan fingerprint density at radius 2 is 1.90 bits per heavy atom. The highest BCUT2D eigenvalue weighted by atomic mass is 127. The summed E-state index contributed by atoms with van der Waals surface area (Å²) in [6, 6.07) is 17.4. The van der Waals surface area contributed by atoms with Crippen LogP contribution in [0.5, 0.6) is 0 Å². The van der Waals surface area contributed by atoms with Gasteiger partial charge in [0.25, 0.3) is 0 Å². The van der Waals surface area contributed by atoms with Crippen LogP contribution in [0.2, 0.25) is 0 Å².